The smallest absolute Gasteiger partial charge is 0.293 e. The second-order valence-corrected chi connectivity index (χ2v) is 6.61. The summed E-state index contributed by atoms with van der Waals surface area (Å²) in [6, 6.07) is 6.94. The Morgan fingerprint density at radius 2 is 2.05 bits per heavy atom. The van der Waals surface area contributed by atoms with Gasteiger partial charge in [0.2, 0.25) is 0 Å². The predicted molar refractivity (Wildman–Crippen MR) is 77.0 cm³/mol. The second kappa shape index (κ2) is 5.57. The quantitative estimate of drug-likeness (QED) is 0.673. The van der Waals surface area contributed by atoms with E-state index in [1.807, 2.05) is 0 Å². The molecule has 7 nitrogen and oxygen atoms in total. The largest absolute Gasteiger partial charge is 0.467 e. The highest BCUT2D eigenvalue weighted by Crippen LogP contribution is 2.30. The van der Waals surface area contributed by atoms with E-state index in [4.69, 9.17) is 4.42 Å². The van der Waals surface area contributed by atoms with E-state index in [0.29, 0.717) is 5.76 Å². The van der Waals surface area contributed by atoms with Crippen LogP contribution in [-0.4, -0.2) is 19.6 Å². The Kier molecular flexibility index (Phi) is 3.99. The topological polar surface area (TPSA) is 102 Å². The average Bonchev–Trinajstić information content (AvgIpc) is 2.91. The van der Waals surface area contributed by atoms with Crippen LogP contribution in [0.3, 0.4) is 0 Å². The van der Waals surface area contributed by atoms with Crippen molar-refractivity contribution < 1.29 is 17.8 Å². The first-order chi connectivity index (χ1) is 9.79. The number of hydrogen-bond acceptors (Lipinski definition) is 6. The van der Waals surface area contributed by atoms with Gasteiger partial charge in [0.05, 0.1) is 22.1 Å². The van der Waals surface area contributed by atoms with Crippen molar-refractivity contribution in [3.8, 4) is 0 Å². The van der Waals surface area contributed by atoms with E-state index in [2.05, 4.69) is 5.32 Å². The number of anilines is 1. The average molecular weight is 310 g/mol. The molecule has 1 N–H and O–H groups in total. The van der Waals surface area contributed by atoms with Gasteiger partial charge in [0.25, 0.3) is 5.69 Å². The SMILES string of the molecule is C[C@@H](Nc1ccc(S(C)(=O)=O)cc1[N+](=O)[O-])c1ccco1. The molecule has 2 aromatic rings. The van der Waals surface area contributed by atoms with Gasteiger partial charge in [-0.3, -0.25) is 10.1 Å². The van der Waals surface area contributed by atoms with E-state index in [1.54, 1.807) is 19.1 Å². The Morgan fingerprint density at radius 3 is 2.57 bits per heavy atom. The molecule has 21 heavy (non-hydrogen) atoms. The highest BCUT2D eigenvalue weighted by atomic mass is 32.2. The highest BCUT2D eigenvalue weighted by molar-refractivity contribution is 7.90. The number of sulfone groups is 1. The third-order valence-electron chi connectivity index (χ3n) is 2.94. The monoisotopic (exact) mass is 310 g/mol. The third kappa shape index (κ3) is 3.40. The molecule has 0 spiro atoms. The maximum Gasteiger partial charge on any atom is 0.293 e. The van der Waals surface area contributed by atoms with E-state index in [-0.39, 0.29) is 22.3 Å². The van der Waals surface area contributed by atoms with Crippen molar-refractivity contribution >= 4 is 21.2 Å². The summed E-state index contributed by atoms with van der Waals surface area (Å²) >= 11 is 0. The van der Waals surface area contributed by atoms with E-state index in [0.717, 1.165) is 12.3 Å². The number of nitro groups is 1. The lowest BCUT2D eigenvalue weighted by Crippen LogP contribution is -2.08. The standard InChI is InChI=1S/C13H14N2O5S/c1-9(13-4-3-7-20-13)14-11-6-5-10(21(2,18)19)8-12(11)15(16)17/h3-9,14H,1-2H3/t9-/m1/s1. The molecule has 0 saturated carbocycles. The molecule has 0 amide bonds. The van der Waals surface area contributed by atoms with Crippen LogP contribution in [0.5, 0.6) is 0 Å². The number of nitrogens with one attached hydrogen (secondary N) is 1. The number of nitro benzene ring substituents is 1. The van der Waals surface area contributed by atoms with Gasteiger partial charge in [0.1, 0.15) is 11.4 Å². The molecular weight excluding hydrogens is 296 g/mol. The number of furan rings is 1. The molecule has 112 valence electrons. The van der Waals surface area contributed by atoms with Crippen molar-refractivity contribution in [2.75, 3.05) is 11.6 Å². The van der Waals surface area contributed by atoms with E-state index in [9.17, 15) is 18.5 Å². The fraction of sp³-hybridized carbons (Fsp3) is 0.231. The molecule has 0 unspecified atom stereocenters. The maximum absolute atomic E-state index is 11.5. The lowest BCUT2D eigenvalue weighted by Gasteiger charge is -2.13. The minimum atomic E-state index is -3.50. The molecule has 1 aromatic heterocycles. The van der Waals surface area contributed by atoms with E-state index >= 15 is 0 Å². The van der Waals surface area contributed by atoms with Crippen molar-refractivity contribution in [3.63, 3.8) is 0 Å². The number of rotatable bonds is 5. The first kappa shape index (κ1) is 15.0. The van der Waals surface area contributed by atoms with E-state index in [1.165, 1.54) is 18.4 Å². The van der Waals surface area contributed by atoms with Gasteiger partial charge in [-0.05, 0) is 31.2 Å². The molecular formula is C13H14N2O5S. The summed E-state index contributed by atoms with van der Waals surface area (Å²) < 4.78 is 28.2. The van der Waals surface area contributed by atoms with Crippen molar-refractivity contribution in [2.24, 2.45) is 0 Å². The van der Waals surface area contributed by atoms with Gasteiger partial charge in [-0.1, -0.05) is 0 Å². The summed E-state index contributed by atoms with van der Waals surface area (Å²) in [6.07, 6.45) is 2.51. The van der Waals surface area contributed by atoms with Crippen LogP contribution < -0.4 is 5.32 Å². The molecule has 0 fully saturated rings. The molecule has 1 aromatic carbocycles. The number of benzene rings is 1. The van der Waals surface area contributed by atoms with Gasteiger partial charge in [0.15, 0.2) is 9.84 Å². The summed E-state index contributed by atoms with van der Waals surface area (Å²) in [5.41, 5.74) is -0.0624. The molecule has 8 heteroatoms. The first-order valence-corrected chi connectivity index (χ1v) is 7.96. The lowest BCUT2D eigenvalue weighted by molar-refractivity contribution is -0.384. The van der Waals surface area contributed by atoms with Crippen LogP contribution in [0.4, 0.5) is 11.4 Å². The molecule has 1 atom stereocenters. The summed E-state index contributed by atoms with van der Waals surface area (Å²) in [5, 5.41) is 14.1. The van der Waals surface area contributed by atoms with Gasteiger partial charge in [0, 0.05) is 12.3 Å². The van der Waals surface area contributed by atoms with Gasteiger partial charge >= 0.3 is 0 Å². The van der Waals surface area contributed by atoms with Crippen molar-refractivity contribution in [1.29, 1.82) is 0 Å². The van der Waals surface area contributed by atoms with Crippen LogP contribution in [0.2, 0.25) is 0 Å². The molecule has 0 aliphatic rings. The summed E-state index contributed by atoms with van der Waals surface area (Å²) in [5.74, 6) is 0.622. The molecule has 2 rings (SSSR count). The second-order valence-electron chi connectivity index (χ2n) is 4.59. The molecule has 0 radical (unpaired) electrons. The lowest BCUT2D eigenvalue weighted by atomic mass is 10.2. The van der Waals surface area contributed by atoms with Crippen molar-refractivity contribution in [1.82, 2.24) is 0 Å². The fourth-order valence-corrected chi connectivity index (χ4v) is 2.50. The zero-order valence-electron chi connectivity index (χ0n) is 11.4. The van der Waals surface area contributed by atoms with Crippen LogP contribution in [0, 0.1) is 10.1 Å². The Balaban J connectivity index is 2.38. The van der Waals surface area contributed by atoms with Crippen LogP contribution in [-0.2, 0) is 9.84 Å². The zero-order chi connectivity index (χ0) is 15.6. The fourth-order valence-electron chi connectivity index (χ4n) is 1.86. The Hall–Kier alpha value is -2.35. The molecule has 0 aliphatic carbocycles. The highest BCUT2D eigenvalue weighted by Gasteiger charge is 2.20. The van der Waals surface area contributed by atoms with Gasteiger partial charge < -0.3 is 9.73 Å². The van der Waals surface area contributed by atoms with E-state index < -0.39 is 14.8 Å². The summed E-state index contributed by atoms with van der Waals surface area (Å²) in [6.45, 7) is 1.78. The molecule has 0 bridgehead atoms. The molecule has 1 heterocycles. The maximum atomic E-state index is 11.5. The summed E-state index contributed by atoms with van der Waals surface area (Å²) in [7, 11) is -3.50. The predicted octanol–water partition coefficient (Wildman–Crippen LogP) is 2.76. The van der Waals surface area contributed by atoms with Crippen LogP contribution >= 0.6 is 0 Å². The normalized spacial score (nSPS) is 12.9. The minimum Gasteiger partial charge on any atom is -0.467 e. The van der Waals surface area contributed by atoms with Crippen LogP contribution in [0.15, 0.2) is 45.9 Å². The Bertz CT molecular complexity index is 753. The van der Waals surface area contributed by atoms with Gasteiger partial charge in [-0.25, -0.2) is 8.42 Å². The van der Waals surface area contributed by atoms with Crippen molar-refractivity contribution in [2.45, 2.75) is 17.9 Å². The summed E-state index contributed by atoms with van der Waals surface area (Å²) in [4.78, 5) is 10.4. The molecule has 0 saturated heterocycles. The first-order valence-electron chi connectivity index (χ1n) is 6.07. The minimum absolute atomic E-state index is 0.0922. The zero-order valence-corrected chi connectivity index (χ0v) is 12.3. The number of nitrogens with zero attached hydrogens (tertiary/aromatic N) is 1. The van der Waals surface area contributed by atoms with Crippen LogP contribution in [0.25, 0.3) is 0 Å². The third-order valence-corrected chi connectivity index (χ3v) is 4.05. The van der Waals surface area contributed by atoms with Crippen molar-refractivity contribution in [3.05, 3.63) is 52.5 Å². The molecule has 0 aliphatic heterocycles. The van der Waals surface area contributed by atoms with Gasteiger partial charge in [-0.15, -0.1) is 0 Å². The van der Waals surface area contributed by atoms with Crippen LogP contribution in [0.1, 0.15) is 18.7 Å². The Morgan fingerprint density at radius 1 is 1.33 bits per heavy atom. The van der Waals surface area contributed by atoms with Gasteiger partial charge in [-0.2, -0.15) is 0 Å². The Labute approximate surface area is 121 Å². The number of hydrogen-bond donors (Lipinski definition) is 1.